The van der Waals surface area contributed by atoms with Gasteiger partial charge < -0.3 is 0 Å². The maximum atomic E-state index is 7.53. The number of thiophene rings is 1. The standard InChI is InChI=1S/C40H25N3S/c1-40(2)32-21-25(11-15-29(32)30-16-14-27(41-3)22-33(30)40)28-7-4-8-36-37(28)31-20-26(13-18-35(31)44-36)34-17-12-24-10-9-23-6-5-19-42-38(23)39(24)43-34/h4-22H,1-2H3. The van der Waals surface area contributed by atoms with Crippen molar-refractivity contribution < 1.29 is 0 Å². The predicted octanol–water partition coefficient (Wildman–Crippen LogP) is 11.3. The van der Waals surface area contributed by atoms with E-state index in [0.29, 0.717) is 5.69 Å². The Hall–Kier alpha value is -5.37. The Morgan fingerprint density at radius 1 is 0.659 bits per heavy atom. The van der Waals surface area contributed by atoms with E-state index < -0.39 is 0 Å². The van der Waals surface area contributed by atoms with Crippen LogP contribution in [0.25, 0.3) is 80.3 Å². The summed E-state index contributed by atoms with van der Waals surface area (Å²) in [4.78, 5) is 13.5. The molecule has 3 heterocycles. The largest absolute Gasteiger partial charge is 0.254 e. The van der Waals surface area contributed by atoms with Crippen LogP contribution in [0.3, 0.4) is 0 Å². The van der Waals surface area contributed by atoms with Crippen molar-refractivity contribution >= 4 is 59.0 Å². The van der Waals surface area contributed by atoms with Gasteiger partial charge in [0.1, 0.15) is 0 Å². The minimum absolute atomic E-state index is 0.181. The molecule has 0 bridgehead atoms. The molecule has 0 radical (unpaired) electrons. The zero-order valence-corrected chi connectivity index (χ0v) is 25.0. The highest BCUT2D eigenvalue weighted by Gasteiger charge is 2.35. The Balaban J connectivity index is 1.22. The molecule has 8 aromatic rings. The van der Waals surface area contributed by atoms with E-state index in [0.717, 1.165) is 33.1 Å². The Kier molecular flexibility index (Phi) is 5.18. The highest BCUT2D eigenvalue weighted by molar-refractivity contribution is 7.26. The highest BCUT2D eigenvalue weighted by Crippen LogP contribution is 2.51. The lowest BCUT2D eigenvalue weighted by Gasteiger charge is -2.22. The molecule has 9 rings (SSSR count). The van der Waals surface area contributed by atoms with E-state index in [1.165, 1.54) is 53.6 Å². The van der Waals surface area contributed by atoms with Gasteiger partial charge in [-0.25, -0.2) is 9.83 Å². The molecule has 5 aromatic carbocycles. The van der Waals surface area contributed by atoms with E-state index >= 15 is 0 Å². The molecule has 0 unspecified atom stereocenters. The molecule has 4 heteroatoms. The maximum absolute atomic E-state index is 7.53. The van der Waals surface area contributed by atoms with Gasteiger partial charge in [-0.15, -0.1) is 11.3 Å². The number of pyridine rings is 2. The van der Waals surface area contributed by atoms with Crippen LogP contribution in [-0.2, 0) is 5.41 Å². The molecule has 44 heavy (non-hydrogen) atoms. The van der Waals surface area contributed by atoms with E-state index in [1.54, 1.807) is 0 Å². The summed E-state index contributed by atoms with van der Waals surface area (Å²) in [6, 6.07) is 39.0. The molecule has 1 aliphatic rings. The molecule has 0 aliphatic heterocycles. The van der Waals surface area contributed by atoms with Crippen LogP contribution in [0, 0.1) is 6.57 Å². The molecule has 0 amide bonds. The first-order valence-corrected chi connectivity index (χ1v) is 15.6. The number of rotatable bonds is 2. The predicted molar refractivity (Wildman–Crippen MR) is 185 cm³/mol. The summed E-state index contributed by atoms with van der Waals surface area (Å²) in [5.74, 6) is 0. The Bertz CT molecular complexity index is 2550. The third-order valence-electron chi connectivity index (χ3n) is 9.32. The summed E-state index contributed by atoms with van der Waals surface area (Å²) < 4.78 is 2.55. The number of nitrogens with zero attached hydrogens (tertiary/aromatic N) is 3. The second kappa shape index (κ2) is 9.07. The molecular formula is C40H25N3S. The average Bonchev–Trinajstić information content (AvgIpc) is 3.55. The summed E-state index contributed by atoms with van der Waals surface area (Å²) in [6.07, 6.45) is 1.84. The van der Waals surface area contributed by atoms with Gasteiger partial charge in [-0.05, 0) is 69.8 Å². The van der Waals surface area contributed by atoms with Crippen LogP contribution in [0.1, 0.15) is 25.0 Å². The van der Waals surface area contributed by atoms with Crippen molar-refractivity contribution in [1.29, 1.82) is 0 Å². The van der Waals surface area contributed by atoms with Crippen molar-refractivity contribution in [2.45, 2.75) is 19.3 Å². The van der Waals surface area contributed by atoms with Crippen LogP contribution < -0.4 is 0 Å². The number of benzene rings is 5. The fraction of sp³-hybridized carbons (Fsp3) is 0.0750. The molecule has 0 fully saturated rings. The molecule has 3 nitrogen and oxygen atoms in total. The molecule has 3 aromatic heterocycles. The first kappa shape index (κ1) is 25.2. The van der Waals surface area contributed by atoms with E-state index in [1.807, 2.05) is 29.7 Å². The van der Waals surface area contributed by atoms with Crippen LogP contribution in [-0.4, -0.2) is 9.97 Å². The summed E-state index contributed by atoms with van der Waals surface area (Å²) in [5, 5.41) is 4.73. The fourth-order valence-corrected chi connectivity index (χ4v) is 8.19. The van der Waals surface area contributed by atoms with Crippen LogP contribution in [0.15, 0.2) is 115 Å². The summed E-state index contributed by atoms with van der Waals surface area (Å²) in [7, 11) is 0. The number of hydrogen-bond donors (Lipinski definition) is 0. The van der Waals surface area contributed by atoms with Crippen LogP contribution in [0.4, 0.5) is 5.69 Å². The van der Waals surface area contributed by atoms with E-state index in [9.17, 15) is 0 Å². The lowest BCUT2D eigenvalue weighted by Crippen LogP contribution is -2.14. The van der Waals surface area contributed by atoms with Gasteiger partial charge in [-0.3, -0.25) is 4.98 Å². The third-order valence-corrected chi connectivity index (χ3v) is 10.5. The molecule has 0 atom stereocenters. The number of hydrogen-bond acceptors (Lipinski definition) is 3. The van der Waals surface area contributed by atoms with Gasteiger partial charge in [-0.2, -0.15) is 0 Å². The molecule has 1 aliphatic carbocycles. The van der Waals surface area contributed by atoms with Crippen LogP contribution in [0.5, 0.6) is 0 Å². The molecule has 0 N–H and O–H groups in total. The van der Waals surface area contributed by atoms with Gasteiger partial charge in [0, 0.05) is 48.1 Å². The topological polar surface area (TPSA) is 30.1 Å². The van der Waals surface area contributed by atoms with Gasteiger partial charge in [0.2, 0.25) is 0 Å². The maximum Gasteiger partial charge on any atom is 0.187 e. The normalized spacial score (nSPS) is 13.4. The Morgan fingerprint density at radius 3 is 2.30 bits per heavy atom. The van der Waals surface area contributed by atoms with Crippen LogP contribution >= 0.6 is 11.3 Å². The van der Waals surface area contributed by atoms with Gasteiger partial charge in [0.15, 0.2) is 5.69 Å². The van der Waals surface area contributed by atoms with Gasteiger partial charge in [0.05, 0.1) is 23.3 Å². The van der Waals surface area contributed by atoms with Gasteiger partial charge in [0.25, 0.3) is 0 Å². The second-order valence-electron chi connectivity index (χ2n) is 12.1. The van der Waals surface area contributed by atoms with Crippen molar-refractivity contribution in [1.82, 2.24) is 9.97 Å². The van der Waals surface area contributed by atoms with E-state index in [4.69, 9.17) is 11.6 Å². The van der Waals surface area contributed by atoms with Crippen LogP contribution in [0.2, 0.25) is 0 Å². The van der Waals surface area contributed by atoms with E-state index in [2.05, 4.69) is 121 Å². The number of fused-ring (bicyclic) bond motifs is 9. The summed E-state index contributed by atoms with van der Waals surface area (Å²) in [6.45, 7) is 12.1. The smallest absolute Gasteiger partial charge is 0.187 e. The average molecular weight is 580 g/mol. The van der Waals surface area contributed by atoms with Crippen molar-refractivity contribution in [3.05, 3.63) is 138 Å². The van der Waals surface area contributed by atoms with E-state index in [-0.39, 0.29) is 5.41 Å². The highest BCUT2D eigenvalue weighted by atomic mass is 32.1. The SMILES string of the molecule is [C-]#[N+]c1ccc2c(c1)C(C)(C)c1cc(-c3cccc4sc5ccc(-c6ccc7ccc8cccnc8c7n6)cc5c34)ccc1-2. The zero-order valence-electron chi connectivity index (χ0n) is 24.2. The van der Waals surface area contributed by atoms with Gasteiger partial charge in [-0.1, -0.05) is 86.6 Å². The zero-order chi connectivity index (χ0) is 29.6. The summed E-state index contributed by atoms with van der Waals surface area (Å²) in [5.41, 5.74) is 11.9. The Morgan fingerprint density at radius 2 is 1.43 bits per heavy atom. The van der Waals surface area contributed by atoms with Crippen molar-refractivity contribution in [2.24, 2.45) is 0 Å². The summed E-state index contributed by atoms with van der Waals surface area (Å²) >= 11 is 1.84. The van der Waals surface area contributed by atoms with Crippen molar-refractivity contribution in [3.8, 4) is 33.5 Å². The third kappa shape index (κ3) is 3.54. The Labute approximate surface area is 258 Å². The molecule has 206 valence electrons. The molecule has 0 spiro atoms. The minimum atomic E-state index is -0.181. The monoisotopic (exact) mass is 579 g/mol. The minimum Gasteiger partial charge on any atom is -0.254 e. The van der Waals surface area contributed by atoms with Crippen molar-refractivity contribution in [2.75, 3.05) is 0 Å². The molecular weight excluding hydrogens is 555 g/mol. The lowest BCUT2D eigenvalue weighted by molar-refractivity contribution is 0.661. The molecule has 0 saturated heterocycles. The number of aromatic nitrogens is 2. The quantitative estimate of drug-likeness (QED) is 0.151. The van der Waals surface area contributed by atoms with Gasteiger partial charge >= 0.3 is 0 Å². The molecule has 0 saturated carbocycles. The fourth-order valence-electron chi connectivity index (χ4n) is 7.07. The van der Waals surface area contributed by atoms with Crippen molar-refractivity contribution in [3.63, 3.8) is 0 Å². The first-order chi connectivity index (χ1) is 21.5. The second-order valence-corrected chi connectivity index (χ2v) is 13.2. The first-order valence-electron chi connectivity index (χ1n) is 14.8. The lowest BCUT2D eigenvalue weighted by atomic mass is 9.81.